The molecule has 1 amide bonds. The van der Waals surface area contributed by atoms with Crippen molar-refractivity contribution in [3.8, 4) is 0 Å². The van der Waals surface area contributed by atoms with Crippen molar-refractivity contribution in [3.63, 3.8) is 0 Å². The Kier molecular flexibility index (Phi) is 6.09. The highest BCUT2D eigenvalue weighted by atomic mass is 32.2. The molecule has 0 saturated carbocycles. The van der Waals surface area contributed by atoms with E-state index >= 15 is 0 Å². The number of amides is 1. The molecule has 3 aromatic rings. The van der Waals surface area contributed by atoms with E-state index < -0.39 is 26.6 Å². The lowest BCUT2D eigenvalue weighted by Crippen LogP contribution is -2.51. The summed E-state index contributed by atoms with van der Waals surface area (Å²) in [7, 11) is -4.71. The second-order valence-corrected chi connectivity index (χ2v) is 9.33. The van der Waals surface area contributed by atoms with Crippen molar-refractivity contribution in [1.29, 1.82) is 0 Å². The lowest BCUT2D eigenvalue weighted by atomic mass is 9.80. The van der Waals surface area contributed by atoms with Gasteiger partial charge in [-0.25, -0.2) is 4.63 Å². The van der Waals surface area contributed by atoms with Crippen LogP contribution in [-0.4, -0.2) is 40.6 Å². The van der Waals surface area contributed by atoms with Crippen molar-refractivity contribution in [1.82, 2.24) is 15.2 Å². The fraction of sp³-hybridized carbons (Fsp3) is 0.318. The van der Waals surface area contributed by atoms with Crippen LogP contribution in [0.4, 0.5) is 0 Å². The minimum atomic E-state index is -4.71. The van der Waals surface area contributed by atoms with Crippen molar-refractivity contribution < 1.29 is 22.4 Å². The topological polar surface area (TPSA) is 140 Å². The van der Waals surface area contributed by atoms with Gasteiger partial charge in [0.2, 0.25) is 5.91 Å². The number of aromatic nitrogens is 2. The first-order valence-electron chi connectivity index (χ1n) is 10.2. The quantitative estimate of drug-likeness (QED) is 0.491. The molecule has 2 heterocycles. The molecule has 0 radical (unpaired) electrons. The Hall–Kier alpha value is -3.08. The monoisotopic (exact) mass is 456 g/mol. The van der Waals surface area contributed by atoms with Gasteiger partial charge in [0.25, 0.3) is 5.03 Å². The van der Waals surface area contributed by atoms with Crippen LogP contribution in [0, 0.1) is 0 Å². The lowest BCUT2D eigenvalue weighted by Gasteiger charge is -2.45. The lowest BCUT2D eigenvalue weighted by molar-refractivity contribution is -0.119. The molecular formula is C22H24N4O5S. The van der Waals surface area contributed by atoms with Gasteiger partial charge in [-0.05, 0) is 41.1 Å². The molecule has 168 valence electrons. The predicted molar refractivity (Wildman–Crippen MR) is 115 cm³/mol. The summed E-state index contributed by atoms with van der Waals surface area (Å²) in [4.78, 5) is 13.9. The number of rotatable bonds is 8. The summed E-state index contributed by atoms with van der Waals surface area (Å²) >= 11 is 0. The molecule has 2 aromatic carbocycles. The van der Waals surface area contributed by atoms with Crippen LogP contribution in [-0.2, 0) is 39.8 Å². The van der Waals surface area contributed by atoms with Crippen LogP contribution in [0.15, 0.2) is 64.3 Å². The Morgan fingerprint density at radius 3 is 2.47 bits per heavy atom. The minimum Gasteiger partial charge on any atom is -0.370 e. The van der Waals surface area contributed by atoms with Crippen LogP contribution in [0.3, 0.4) is 0 Å². The fourth-order valence-corrected chi connectivity index (χ4v) is 5.07. The maximum atomic E-state index is 12.1. The molecule has 0 aliphatic carbocycles. The number of fused-ring (bicyclic) bond motifs is 1. The molecule has 9 nitrogen and oxygen atoms in total. The first kappa shape index (κ1) is 22.1. The van der Waals surface area contributed by atoms with Gasteiger partial charge in [-0.2, -0.15) is 8.42 Å². The molecule has 10 heteroatoms. The van der Waals surface area contributed by atoms with Gasteiger partial charge in [-0.3, -0.25) is 14.2 Å². The molecule has 4 rings (SSSR count). The van der Waals surface area contributed by atoms with E-state index in [-0.39, 0.29) is 18.5 Å². The summed E-state index contributed by atoms with van der Waals surface area (Å²) in [6.45, 7) is 1.08. The number of nitrogens with two attached hydrogens (primary N) is 1. The Bertz CT molecular complexity index is 1210. The molecular weight excluding hydrogens is 432 g/mol. The van der Waals surface area contributed by atoms with Gasteiger partial charge in [-0.1, -0.05) is 59.8 Å². The molecule has 0 spiro atoms. The third kappa shape index (κ3) is 4.43. The van der Waals surface area contributed by atoms with E-state index in [1.54, 1.807) is 0 Å². The molecule has 1 atom stereocenters. The largest absolute Gasteiger partial charge is 0.370 e. The van der Waals surface area contributed by atoms with Crippen LogP contribution < -0.4 is 5.73 Å². The molecule has 0 fully saturated rings. The summed E-state index contributed by atoms with van der Waals surface area (Å²) in [5.74, 6) is -0.523. The molecule has 3 N–H and O–H groups in total. The van der Waals surface area contributed by atoms with Gasteiger partial charge in [0.15, 0.2) is 0 Å². The number of primary amides is 1. The number of hydrogen-bond acceptors (Lipinski definition) is 7. The van der Waals surface area contributed by atoms with Crippen LogP contribution in [0.1, 0.15) is 35.2 Å². The van der Waals surface area contributed by atoms with E-state index in [0.29, 0.717) is 19.5 Å². The van der Waals surface area contributed by atoms with Gasteiger partial charge in [-0.15, -0.1) is 0 Å². The van der Waals surface area contributed by atoms with Gasteiger partial charge in [0.05, 0.1) is 5.54 Å². The number of benzene rings is 2. The van der Waals surface area contributed by atoms with E-state index in [9.17, 15) is 17.8 Å². The van der Waals surface area contributed by atoms with E-state index in [1.165, 1.54) is 5.56 Å². The highest BCUT2D eigenvalue weighted by Crippen LogP contribution is 2.41. The molecule has 1 aromatic heterocycles. The third-order valence-electron chi connectivity index (χ3n) is 6.00. The summed E-state index contributed by atoms with van der Waals surface area (Å²) in [5, 5.41) is 6.79. The normalized spacial score (nSPS) is 16.3. The molecule has 0 bridgehead atoms. The van der Waals surface area contributed by atoms with Crippen LogP contribution in [0.25, 0.3) is 0 Å². The van der Waals surface area contributed by atoms with Gasteiger partial charge in [0.1, 0.15) is 5.69 Å². The summed E-state index contributed by atoms with van der Waals surface area (Å²) < 4.78 is 38.9. The zero-order valence-corrected chi connectivity index (χ0v) is 18.2. The van der Waals surface area contributed by atoms with Crippen LogP contribution in [0.5, 0.6) is 0 Å². The molecule has 1 unspecified atom stereocenters. The average Bonchev–Trinajstić information content (AvgIpc) is 3.28. The smallest absolute Gasteiger partial charge is 0.317 e. The number of carbonyl (C=O) groups excluding carboxylic acids is 1. The number of hydrogen-bond donors (Lipinski definition) is 2. The average molecular weight is 457 g/mol. The van der Waals surface area contributed by atoms with Gasteiger partial charge >= 0.3 is 10.1 Å². The number of nitrogens with zero attached hydrogens (tertiary/aromatic N) is 3. The fourth-order valence-electron chi connectivity index (χ4n) is 4.47. The highest BCUT2D eigenvalue weighted by Gasteiger charge is 2.46. The van der Waals surface area contributed by atoms with Crippen LogP contribution in [0.2, 0.25) is 0 Å². The maximum absolute atomic E-state index is 12.1. The summed E-state index contributed by atoms with van der Waals surface area (Å²) in [6, 6.07) is 17.5. The van der Waals surface area contributed by atoms with Crippen molar-refractivity contribution in [2.45, 2.75) is 42.8 Å². The van der Waals surface area contributed by atoms with Crippen molar-refractivity contribution in [2.24, 2.45) is 5.73 Å². The predicted octanol–water partition coefficient (Wildman–Crippen LogP) is 2.08. The first-order chi connectivity index (χ1) is 15.3. The highest BCUT2D eigenvalue weighted by molar-refractivity contribution is 7.85. The Morgan fingerprint density at radius 2 is 1.78 bits per heavy atom. The van der Waals surface area contributed by atoms with E-state index in [0.717, 1.165) is 17.5 Å². The SMILES string of the molecule is NC(=O)CCC(Cc1ccccc1)(c1nonc1S(=O)(=O)O)N1CCc2ccccc2C1. The van der Waals surface area contributed by atoms with E-state index in [1.807, 2.05) is 48.5 Å². The summed E-state index contributed by atoms with van der Waals surface area (Å²) in [5.41, 5.74) is 7.58. The Labute approximate surface area is 185 Å². The number of carbonyl (C=O) groups is 1. The minimum absolute atomic E-state index is 0.0112. The zero-order valence-electron chi connectivity index (χ0n) is 17.3. The van der Waals surface area contributed by atoms with Gasteiger partial charge < -0.3 is 5.73 Å². The Balaban J connectivity index is 1.89. The second-order valence-electron chi connectivity index (χ2n) is 7.99. The Morgan fingerprint density at radius 1 is 1.09 bits per heavy atom. The molecule has 32 heavy (non-hydrogen) atoms. The van der Waals surface area contributed by atoms with E-state index in [4.69, 9.17) is 10.4 Å². The first-order valence-corrected chi connectivity index (χ1v) is 11.7. The van der Waals surface area contributed by atoms with E-state index in [2.05, 4.69) is 21.3 Å². The summed E-state index contributed by atoms with van der Waals surface area (Å²) in [6.07, 6.45) is 1.22. The van der Waals surface area contributed by atoms with Crippen LogP contribution >= 0.6 is 0 Å². The zero-order chi connectivity index (χ0) is 22.8. The molecule has 1 aliphatic rings. The molecule has 0 saturated heterocycles. The second kappa shape index (κ2) is 8.81. The van der Waals surface area contributed by atoms with Crippen molar-refractivity contribution in [3.05, 3.63) is 77.0 Å². The molecule has 1 aliphatic heterocycles. The van der Waals surface area contributed by atoms with Gasteiger partial charge in [0, 0.05) is 19.5 Å². The van der Waals surface area contributed by atoms with Crippen molar-refractivity contribution in [2.75, 3.05) is 6.54 Å². The maximum Gasteiger partial charge on any atom is 0.317 e. The standard InChI is InChI=1S/C22H24N4O5S/c23-19(27)10-12-22(14-16-6-2-1-3-7-16,20-21(25-31-24-20)32(28,29)30)26-13-11-17-8-4-5-9-18(17)15-26/h1-9H,10-15H2,(H2,23,27)(H,28,29,30). The van der Waals surface area contributed by atoms with Crippen molar-refractivity contribution >= 4 is 16.0 Å². The third-order valence-corrected chi connectivity index (χ3v) is 6.76.